The predicted molar refractivity (Wildman–Crippen MR) is 70.7 cm³/mol. The van der Waals surface area contributed by atoms with Crippen molar-refractivity contribution >= 4 is 31.6 Å². The molecule has 0 bridgehead atoms. The van der Waals surface area contributed by atoms with Gasteiger partial charge >= 0.3 is 0 Å². The maximum atomic E-state index is 11.8. The third kappa shape index (κ3) is 3.72. The van der Waals surface area contributed by atoms with Crippen LogP contribution in [0.15, 0.2) is 34.2 Å². The molecule has 0 saturated carbocycles. The van der Waals surface area contributed by atoms with Crippen LogP contribution in [0.4, 0.5) is 5.69 Å². The third-order valence-corrected chi connectivity index (χ3v) is 3.64. The molecule has 0 amide bonds. The monoisotopic (exact) mass is 320 g/mol. The molecule has 94 valence electrons. The summed E-state index contributed by atoms with van der Waals surface area (Å²) in [4.78, 5) is 0.0875. The lowest BCUT2D eigenvalue weighted by Gasteiger charge is -2.09. The van der Waals surface area contributed by atoms with E-state index in [2.05, 4.69) is 27.2 Å². The highest BCUT2D eigenvalue weighted by atomic mass is 79.9. The fourth-order valence-electron chi connectivity index (χ4n) is 1.14. The summed E-state index contributed by atoms with van der Waals surface area (Å²) in [6.45, 7) is 3.66. The smallest absolute Gasteiger partial charge is 0.240 e. The minimum Gasteiger partial charge on any atom is -0.495 e. The number of rotatable bonds is 5. The van der Waals surface area contributed by atoms with Gasteiger partial charge in [0.15, 0.2) is 0 Å². The Labute approximate surface area is 109 Å². The van der Waals surface area contributed by atoms with Crippen LogP contribution in [-0.4, -0.2) is 22.1 Å². The molecule has 0 unspecified atom stereocenters. The first-order chi connectivity index (χ1) is 7.86. The van der Waals surface area contributed by atoms with Crippen LogP contribution < -0.4 is 15.2 Å². The summed E-state index contributed by atoms with van der Waals surface area (Å²) in [6, 6.07) is 4.28. The molecule has 0 atom stereocenters. The summed E-state index contributed by atoms with van der Waals surface area (Å²) in [7, 11) is -2.11. The number of sulfonamides is 1. The number of methoxy groups -OCH3 is 1. The fraction of sp³-hybridized carbons (Fsp3) is 0.200. The summed E-state index contributed by atoms with van der Waals surface area (Å²) in [5, 5.41) is 0. The number of benzene rings is 1. The standard InChI is InChI=1S/C10H13BrN2O3S/c1-7(11)6-13-17(14,15)8-3-4-10(16-2)9(12)5-8/h3-5,13H,1,6,12H2,2H3. The van der Waals surface area contributed by atoms with Crippen LogP contribution in [0.25, 0.3) is 0 Å². The Balaban J connectivity index is 2.99. The summed E-state index contributed by atoms with van der Waals surface area (Å²) in [5.74, 6) is 0.439. The molecule has 0 aromatic heterocycles. The number of ether oxygens (including phenoxy) is 1. The van der Waals surface area contributed by atoms with Gasteiger partial charge in [0, 0.05) is 11.0 Å². The van der Waals surface area contributed by atoms with Crippen molar-refractivity contribution in [3.05, 3.63) is 29.3 Å². The highest BCUT2D eigenvalue weighted by Gasteiger charge is 2.15. The number of anilines is 1. The number of nitrogen functional groups attached to an aromatic ring is 1. The lowest BCUT2D eigenvalue weighted by molar-refractivity contribution is 0.416. The summed E-state index contributed by atoms with van der Waals surface area (Å²) in [6.07, 6.45) is 0. The van der Waals surface area contributed by atoms with Crippen LogP contribution in [0, 0.1) is 0 Å². The van der Waals surface area contributed by atoms with Gasteiger partial charge in [-0.1, -0.05) is 22.5 Å². The molecule has 0 saturated heterocycles. The van der Waals surface area contributed by atoms with Gasteiger partial charge in [0.2, 0.25) is 10.0 Å². The van der Waals surface area contributed by atoms with Crippen LogP contribution in [0.2, 0.25) is 0 Å². The van der Waals surface area contributed by atoms with Gasteiger partial charge in [-0.3, -0.25) is 0 Å². The van der Waals surface area contributed by atoms with Crippen molar-refractivity contribution in [2.75, 3.05) is 19.4 Å². The quantitative estimate of drug-likeness (QED) is 0.805. The Morgan fingerprint density at radius 1 is 1.59 bits per heavy atom. The second kappa shape index (κ2) is 5.52. The van der Waals surface area contributed by atoms with E-state index in [0.29, 0.717) is 10.2 Å². The topological polar surface area (TPSA) is 81.4 Å². The molecule has 0 aliphatic carbocycles. The third-order valence-electron chi connectivity index (χ3n) is 1.97. The minimum absolute atomic E-state index is 0.0875. The molecule has 1 aromatic carbocycles. The fourth-order valence-corrected chi connectivity index (χ4v) is 2.52. The van der Waals surface area contributed by atoms with Crippen LogP contribution in [0.3, 0.4) is 0 Å². The van der Waals surface area contributed by atoms with Crippen molar-refractivity contribution in [2.45, 2.75) is 4.90 Å². The SMILES string of the molecule is C=C(Br)CNS(=O)(=O)c1ccc(OC)c(N)c1. The van der Waals surface area contributed by atoms with Gasteiger partial charge in [0.05, 0.1) is 17.7 Å². The maximum absolute atomic E-state index is 11.8. The lowest BCUT2D eigenvalue weighted by Crippen LogP contribution is -2.24. The minimum atomic E-state index is -3.58. The van der Waals surface area contributed by atoms with Crippen molar-refractivity contribution in [3.63, 3.8) is 0 Å². The molecule has 0 radical (unpaired) electrons. The zero-order valence-electron chi connectivity index (χ0n) is 9.23. The number of halogens is 1. The molecule has 3 N–H and O–H groups in total. The number of hydrogen-bond donors (Lipinski definition) is 2. The van der Waals surface area contributed by atoms with Gasteiger partial charge < -0.3 is 10.5 Å². The molecule has 0 spiro atoms. The first-order valence-corrected chi connectivity index (χ1v) is 6.91. The van der Waals surface area contributed by atoms with Crippen molar-refractivity contribution in [3.8, 4) is 5.75 Å². The Morgan fingerprint density at radius 3 is 2.71 bits per heavy atom. The van der Waals surface area contributed by atoms with Crippen LogP contribution in [0.1, 0.15) is 0 Å². The highest BCUT2D eigenvalue weighted by molar-refractivity contribution is 9.11. The normalized spacial score (nSPS) is 11.2. The van der Waals surface area contributed by atoms with E-state index in [-0.39, 0.29) is 17.1 Å². The van der Waals surface area contributed by atoms with Gasteiger partial charge in [-0.2, -0.15) is 0 Å². The summed E-state index contributed by atoms with van der Waals surface area (Å²) >= 11 is 3.07. The second-order valence-corrected chi connectivity index (χ2v) is 6.13. The largest absolute Gasteiger partial charge is 0.495 e. The average Bonchev–Trinajstić information content (AvgIpc) is 2.26. The Hall–Kier alpha value is -1.05. The van der Waals surface area contributed by atoms with E-state index in [0.717, 1.165) is 0 Å². The first-order valence-electron chi connectivity index (χ1n) is 4.63. The zero-order chi connectivity index (χ0) is 13.1. The lowest BCUT2D eigenvalue weighted by atomic mass is 10.3. The van der Waals surface area contributed by atoms with Crippen molar-refractivity contribution in [1.82, 2.24) is 4.72 Å². The van der Waals surface area contributed by atoms with Gasteiger partial charge in [0.1, 0.15) is 5.75 Å². The Morgan fingerprint density at radius 2 is 2.24 bits per heavy atom. The summed E-state index contributed by atoms with van der Waals surface area (Å²) < 4.78 is 31.5. The van der Waals surface area contributed by atoms with Gasteiger partial charge in [-0.05, 0) is 18.2 Å². The molecule has 0 aliphatic heterocycles. The molecular formula is C10H13BrN2O3S. The van der Waals surface area contributed by atoms with Gasteiger partial charge in [-0.25, -0.2) is 13.1 Å². The molecule has 17 heavy (non-hydrogen) atoms. The molecule has 0 heterocycles. The van der Waals surface area contributed by atoms with E-state index in [9.17, 15) is 8.42 Å². The van der Waals surface area contributed by atoms with E-state index < -0.39 is 10.0 Å². The molecule has 5 nitrogen and oxygen atoms in total. The van der Waals surface area contributed by atoms with Gasteiger partial charge in [-0.15, -0.1) is 0 Å². The van der Waals surface area contributed by atoms with Crippen molar-refractivity contribution < 1.29 is 13.2 Å². The first kappa shape index (κ1) is 14.0. The second-order valence-electron chi connectivity index (χ2n) is 3.25. The number of nitrogens with two attached hydrogens (primary N) is 1. The Bertz CT molecular complexity index is 528. The number of hydrogen-bond acceptors (Lipinski definition) is 4. The van der Waals surface area contributed by atoms with E-state index in [1.165, 1.54) is 25.3 Å². The van der Waals surface area contributed by atoms with E-state index >= 15 is 0 Å². The zero-order valence-corrected chi connectivity index (χ0v) is 11.6. The van der Waals surface area contributed by atoms with Crippen LogP contribution in [-0.2, 0) is 10.0 Å². The number of nitrogens with one attached hydrogen (secondary N) is 1. The average molecular weight is 321 g/mol. The molecule has 1 rings (SSSR count). The Kier molecular flexibility index (Phi) is 4.55. The molecule has 1 aromatic rings. The molecule has 0 aliphatic rings. The molecule has 7 heteroatoms. The summed E-state index contributed by atoms with van der Waals surface area (Å²) in [5.41, 5.74) is 5.91. The predicted octanol–water partition coefficient (Wildman–Crippen LogP) is 1.46. The van der Waals surface area contributed by atoms with Crippen LogP contribution >= 0.6 is 15.9 Å². The van der Waals surface area contributed by atoms with Gasteiger partial charge in [0.25, 0.3) is 0 Å². The van der Waals surface area contributed by atoms with Crippen molar-refractivity contribution in [2.24, 2.45) is 0 Å². The van der Waals surface area contributed by atoms with E-state index in [4.69, 9.17) is 10.5 Å². The maximum Gasteiger partial charge on any atom is 0.240 e. The van der Waals surface area contributed by atoms with E-state index in [1.54, 1.807) is 0 Å². The molecule has 0 fully saturated rings. The highest BCUT2D eigenvalue weighted by Crippen LogP contribution is 2.24. The van der Waals surface area contributed by atoms with Crippen LogP contribution in [0.5, 0.6) is 5.75 Å². The van der Waals surface area contributed by atoms with Crippen molar-refractivity contribution in [1.29, 1.82) is 0 Å². The van der Waals surface area contributed by atoms with E-state index in [1.807, 2.05) is 0 Å². The molecular weight excluding hydrogens is 308 g/mol.